The number of pyridine rings is 1. The maximum atomic E-state index is 12.6. The first-order chi connectivity index (χ1) is 11.4. The SMILES string of the molecule is Cc1cccc(NC(=O)c2c(O)c3ccccc3n(C)c2=O)c1C. The predicted octanol–water partition coefficient (Wildman–Crippen LogP) is 3.11. The largest absolute Gasteiger partial charge is 0.506 e. The van der Waals surface area contributed by atoms with Gasteiger partial charge in [0.05, 0.1) is 5.52 Å². The van der Waals surface area contributed by atoms with Crippen molar-refractivity contribution in [2.75, 3.05) is 5.32 Å². The molecule has 0 unspecified atom stereocenters. The van der Waals surface area contributed by atoms with E-state index >= 15 is 0 Å². The van der Waals surface area contributed by atoms with E-state index in [-0.39, 0.29) is 11.3 Å². The molecule has 0 fully saturated rings. The Balaban J connectivity index is 2.14. The normalized spacial score (nSPS) is 10.8. The summed E-state index contributed by atoms with van der Waals surface area (Å²) in [6, 6.07) is 12.5. The number of carbonyl (C=O) groups excluding carboxylic acids is 1. The van der Waals surface area contributed by atoms with Crippen LogP contribution in [0, 0.1) is 13.8 Å². The Morgan fingerprint density at radius 1 is 1.08 bits per heavy atom. The number of aryl methyl sites for hydroxylation is 2. The van der Waals surface area contributed by atoms with Crippen molar-refractivity contribution in [3.05, 3.63) is 69.5 Å². The fourth-order valence-corrected chi connectivity index (χ4v) is 2.76. The average molecular weight is 322 g/mol. The number of carbonyl (C=O) groups is 1. The first-order valence-electron chi connectivity index (χ1n) is 7.60. The highest BCUT2D eigenvalue weighted by molar-refractivity contribution is 6.09. The Morgan fingerprint density at radius 2 is 1.79 bits per heavy atom. The summed E-state index contributed by atoms with van der Waals surface area (Å²) >= 11 is 0. The molecule has 0 aliphatic rings. The van der Waals surface area contributed by atoms with Crippen LogP contribution in [0.25, 0.3) is 10.9 Å². The molecular weight excluding hydrogens is 304 g/mol. The number of rotatable bonds is 2. The maximum Gasteiger partial charge on any atom is 0.267 e. The molecule has 0 saturated carbocycles. The van der Waals surface area contributed by atoms with Crippen LogP contribution < -0.4 is 10.9 Å². The van der Waals surface area contributed by atoms with Crippen LogP contribution in [0.15, 0.2) is 47.3 Å². The fraction of sp³-hybridized carbons (Fsp3) is 0.158. The van der Waals surface area contributed by atoms with Gasteiger partial charge in [-0.1, -0.05) is 24.3 Å². The number of fused-ring (bicyclic) bond motifs is 1. The summed E-state index contributed by atoms with van der Waals surface area (Å²) < 4.78 is 1.37. The van der Waals surface area contributed by atoms with E-state index in [4.69, 9.17) is 0 Å². The Labute approximate surface area is 139 Å². The molecule has 0 atom stereocenters. The van der Waals surface area contributed by atoms with Crippen molar-refractivity contribution in [2.24, 2.45) is 7.05 Å². The lowest BCUT2D eigenvalue weighted by molar-refractivity contribution is 0.102. The number of benzene rings is 2. The first kappa shape index (κ1) is 15.8. The third-order valence-electron chi connectivity index (χ3n) is 4.36. The standard InChI is InChI=1S/C19H18N2O3/c1-11-7-6-9-14(12(11)2)20-18(23)16-17(22)13-8-4-5-10-15(13)21(3)19(16)24/h4-10,22H,1-3H3,(H,20,23). The lowest BCUT2D eigenvalue weighted by atomic mass is 10.1. The van der Waals surface area contributed by atoms with Gasteiger partial charge in [0.25, 0.3) is 11.5 Å². The van der Waals surface area contributed by atoms with Crippen LogP contribution >= 0.6 is 0 Å². The van der Waals surface area contributed by atoms with Gasteiger partial charge in [-0.05, 0) is 43.2 Å². The number of nitrogens with zero attached hydrogens (tertiary/aromatic N) is 1. The van der Waals surface area contributed by atoms with Crippen LogP contribution in [-0.4, -0.2) is 15.6 Å². The predicted molar refractivity (Wildman–Crippen MR) is 94.7 cm³/mol. The second-order valence-corrected chi connectivity index (χ2v) is 5.81. The number of anilines is 1. The summed E-state index contributed by atoms with van der Waals surface area (Å²) in [5, 5.41) is 13.6. The molecule has 1 aromatic heterocycles. The number of hydrogen-bond acceptors (Lipinski definition) is 3. The minimum atomic E-state index is -0.618. The molecule has 3 rings (SSSR count). The average Bonchev–Trinajstić information content (AvgIpc) is 2.57. The van der Waals surface area contributed by atoms with E-state index in [0.29, 0.717) is 16.6 Å². The van der Waals surface area contributed by atoms with E-state index in [1.807, 2.05) is 26.0 Å². The molecule has 2 N–H and O–H groups in total. The molecule has 0 saturated heterocycles. The van der Waals surface area contributed by atoms with Crippen LogP contribution in [0.5, 0.6) is 5.75 Å². The van der Waals surface area contributed by atoms with Crippen LogP contribution in [0.2, 0.25) is 0 Å². The highest BCUT2D eigenvalue weighted by Crippen LogP contribution is 2.27. The van der Waals surface area contributed by atoms with E-state index in [1.54, 1.807) is 37.4 Å². The zero-order chi connectivity index (χ0) is 17.4. The quantitative estimate of drug-likeness (QED) is 0.761. The minimum Gasteiger partial charge on any atom is -0.506 e. The summed E-state index contributed by atoms with van der Waals surface area (Å²) in [4.78, 5) is 25.2. The number of nitrogens with one attached hydrogen (secondary N) is 1. The molecule has 0 spiro atoms. The van der Waals surface area contributed by atoms with Crippen LogP contribution in [0.1, 0.15) is 21.5 Å². The van der Waals surface area contributed by atoms with Crippen molar-refractivity contribution < 1.29 is 9.90 Å². The Bertz CT molecular complexity index is 1020. The highest BCUT2D eigenvalue weighted by atomic mass is 16.3. The van der Waals surface area contributed by atoms with Crippen molar-refractivity contribution in [3.8, 4) is 5.75 Å². The van der Waals surface area contributed by atoms with Crippen molar-refractivity contribution in [2.45, 2.75) is 13.8 Å². The molecule has 0 aliphatic heterocycles. The number of aromatic hydroxyl groups is 1. The number of hydrogen-bond donors (Lipinski definition) is 2. The molecule has 24 heavy (non-hydrogen) atoms. The molecule has 5 heteroatoms. The molecule has 0 aliphatic carbocycles. The monoisotopic (exact) mass is 322 g/mol. The van der Waals surface area contributed by atoms with Gasteiger partial charge in [-0.2, -0.15) is 0 Å². The summed E-state index contributed by atoms with van der Waals surface area (Å²) in [7, 11) is 1.58. The summed E-state index contributed by atoms with van der Waals surface area (Å²) in [5.74, 6) is -0.913. The molecule has 5 nitrogen and oxygen atoms in total. The summed E-state index contributed by atoms with van der Waals surface area (Å²) in [5.41, 5.74) is 2.36. The third-order valence-corrected chi connectivity index (χ3v) is 4.36. The van der Waals surface area contributed by atoms with Gasteiger partial charge in [0, 0.05) is 18.1 Å². The van der Waals surface area contributed by atoms with Gasteiger partial charge < -0.3 is 15.0 Å². The lowest BCUT2D eigenvalue weighted by Crippen LogP contribution is -2.28. The molecule has 0 bridgehead atoms. The lowest BCUT2D eigenvalue weighted by Gasteiger charge is -2.13. The van der Waals surface area contributed by atoms with Gasteiger partial charge >= 0.3 is 0 Å². The number of para-hydroxylation sites is 1. The molecule has 2 aromatic carbocycles. The first-order valence-corrected chi connectivity index (χ1v) is 7.60. The van der Waals surface area contributed by atoms with Gasteiger partial charge in [-0.15, -0.1) is 0 Å². The smallest absolute Gasteiger partial charge is 0.267 e. The van der Waals surface area contributed by atoms with Crippen LogP contribution in [0.3, 0.4) is 0 Å². The van der Waals surface area contributed by atoms with Gasteiger partial charge in [-0.25, -0.2) is 0 Å². The molecule has 0 radical (unpaired) electrons. The van der Waals surface area contributed by atoms with Crippen molar-refractivity contribution in [3.63, 3.8) is 0 Å². The van der Waals surface area contributed by atoms with E-state index in [9.17, 15) is 14.7 Å². The van der Waals surface area contributed by atoms with Crippen molar-refractivity contribution in [1.29, 1.82) is 0 Å². The second-order valence-electron chi connectivity index (χ2n) is 5.81. The number of amides is 1. The Kier molecular flexibility index (Phi) is 3.85. The molecular formula is C19H18N2O3. The van der Waals surface area contributed by atoms with Gasteiger partial charge in [0.1, 0.15) is 11.3 Å². The van der Waals surface area contributed by atoms with Crippen LogP contribution in [0.4, 0.5) is 5.69 Å². The number of aromatic nitrogens is 1. The third kappa shape index (κ3) is 2.44. The molecule has 122 valence electrons. The fourth-order valence-electron chi connectivity index (χ4n) is 2.76. The maximum absolute atomic E-state index is 12.6. The van der Waals surface area contributed by atoms with E-state index < -0.39 is 11.5 Å². The minimum absolute atomic E-state index is 0.253. The van der Waals surface area contributed by atoms with Crippen molar-refractivity contribution >= 4 is 22.5 Å². The summed E-state index contributed by atoms with van der Waals surface area (Å²) in [6.45, 7) is 3.83. The van der Waals surface area contributed by atoms with Gasteiger partial charge in [0.2, 0.25) is 0 Å². The molecule has 1 amide bonds. The second kappa shape index (κ2) is 5.85. The Morgan fingerprint density at radius 3 is 2.54 bits per heavy atom. The summed E-state index contributed by atoms with van der Waals surface area (Å²) in [6.07, 6.45) is 0. The molecule has 3 aromatic rings. The van der Waals surface area contributed by atoms with Gasteiger partial charge in [-0.3, -0.25) is 9.59 Å². The van der Waals surface area contributed by atoms with Crippen molar-refractivity contribution in [1.82, 2.24) is 4.57 Å². The Hall–Kier alpha value is -3.08. The van der Waals surface area contributed by atoms with E-state index in [2.05, 4.69) is 5.32 Å². The van der Waals surface area contributed by atoms with Gasteiger partial charge in [0.15, 0.2) is 0 Å². The zero-order valence-corrected chi connectivity index (χ0v) is 13.8. The molecule has 1 heterocycles. The van der Waals surface area contributed by atoms with E-state index in [1.165, 1.54) is 4.57 Å². The highest BCUT2D eigenvalue weighted by Gasteiger charge is 2.21. The van der Waals surface area contributed by atoms with E-state index in [0.717, 1.165) is 11.1 Å². The van der Waals surface area contributed by atoms with Crippen LogP contribution in [-0.2, 0) is 7.05 Å². The topological polar surface area (TPSA) is 71.3 Å². The zero-order valence-electron chi connectivity index (χ0n) is 13.8.